The summed E-state index contributed by atoms with van der Waals surface area (Å²) in [7, 11) is 0. The molecule has 4 nitrogen and oxygen atoms in total. The highest BCUT2D eigenvalue weighted by Crippen LogP contribution is 2.36. The number of hydrogen-bond donors (Lipinski definition) is 1. The third kappa shape index (κ3) is 2.32. The fraction of sp³-hybridized carbons (Fsp3) is 0. The van der Waals surface area contributed by atoms with Crippen LogP contribution in [0.4, 0.5) is 5.95 Å². The highest BCUT2D eigenvalue weighted by atomic mass is 32.2. The molecule has 0 fully saturated rings. The molecule has 2 aromatic heterocycles. The number of aromatic nitrogens is 3. The van der Waals surface area contributed by atoms with Crippen LogP contribution in [0.3, 0.4) is 0 Å². The molecule has 0 atom stereocenters. The van der Waals surface area contributed by atoms with Gasteiger partial charge >= 0.3 is 0 Å². The van der Waals surface area contributed by atoms with Crippen molar-refractivity contribution >= 4 is 50.2 Å². The maximum Gasteiger partial charge on any atom is 0.221 e. The maximum absolute atomic E-state index is 5.80. The van der Waals surface area contributed by atoms with E-state index >= 15 is 0 Å². The monoisotopic (exact) mass is 310 g/mol. The van der Waals surface area contributed by atoms with E-state index in [2.05, 4.69) is 21.0 Å². The van der Waals surface area contributed by atoms with Crippen LogP contribution in [0.2, 0.25) is 0 Å². The van der Waals surface area contributed by atoms with Crippen molar-refractivity contribution in [2.75, 3.05) is 5.73 Å². The normalized spacial score (nSPS) is 11.2. The predicted octanol–water partition coefficient (Wildman–Crippen LogP) is 3.97. The van der Waals surface area contributed by atoms with Gasteiger partial charge in [0.1, 0.15) is 5.03 Å². The number of nitrogens with two attached hydrogens (primary N) is 1. The van der Waals surface area contributed by atoms with Crippen molar-refractivity contribution < 1.29 is 0 Å². The van der Waals surface area contributed by atoms with E-state index in [0.29, 0.717) is 0 Å². The Morgan fingerprint density at radius 1 is 0.857 bits per heavy atom. The Balaban J connectivity index is 1.83. The lowest BCUT2D eigenvalue weighted by molar-refractivity contribution is 1.11. The second-order valence-corrected chi connectivity index (χ2v) is 6.72. The van der Waals surface area contributed by atoms with Gasteiger partial charge in [-0.05, 0) is 30.0 Å². The SMILES string of the molecule is Nc1nc(Sc2nc3ccccc3s2)c2ccccc2n1. The molecule has 0 saturated carbocycles. The van der Waals surface area contributed by atoms with Gasteiger partial charge in [0.25, 0.3) is 0 Å². The van der Waals surface area contributed by atoms with Gasteiger partial charge in [0, 0.05) is 5.39 Å². The van der Waals surface area contributed by atoms with Crippen molar-refractivity contribution in [2.45, 2.75) is 9.37 Å². The molecular formula is C15H10N4S2. The number of rotatable bonds is 2. The zero-order valence-electron chi connectivity index (χ0n) is 10.9. The summed E-state index contributed by atoms with van der Waals surface area (Å²) in [5.74, 6) is 0.289. The first kappa shape index (κ1) is 12.6. The minimum absolute atomic E-state index is 0.289. The van der Waals surface area contributed by atoms with Gasteiger partial charge in [-0.25, -0.2) is 15.0 Å². The van der Waals surface area contributed by atoms with Gasteiger partial charge in [-0.1, -0.05) is 30.3 Å². The molecule has 0 saturated heterocycles. The number of hydrogen-bond acceptors (Lipinski definition) is 6. The summed E-state index contributed by atoms with van der Waals surface area (Å²) in [6, 6.07) is 16.0. The standard InChI is InChI=1S/C15H10N4S2/c16-14-17-10-6-2-1-5-9(10)13(19-14)21-15-18-11-7-3-4-8-12(11)20-15/h1-8H,(H2,16,17,19). The molecule has 0 aliphatic carbocycles. The van der Waals surface area contributed by atoms with Crippen molar-refractivity contribution in [1.82, 2.24) is 15.0 Å². The summed E-state index contributed by atoms with van der Waals surface area (Å²) in [6.07, 6.45) is 0. The quantitative estimate of drug-likeness (QED) is 0.567. The van der Waals surface area contributed by atoms with Crippen molar-refractivity contribution in [1.29, 1.82) is 0 Å². The second-order valence-electron chi connectivity index (χ2n) is 4.45. The molecule has 2 heterocycles. The number of anilines is 1. The number of fused-ring (bicyclic) bond motifs is 2. The molecule has 2 N–H and O–H groups in total. The second kappa shape index (κ2) is 4.98. The fourth-order valence-electron chi connectivity index (χ4n) is 2.12. The van der Waals surface area contributed by atoms with Gasteiger partial charge in [-0.3, -0.25) is 0 Å². The van der Waals surface area contributed by atoms with E-state index in [1.807, 2.05) is 42.5 Å². The van der Waals surface area contributed by atoms with Crippen molar-refractivity contribution in [2.24, 2.45) is 0 Å². The van der Waals surface area contributed by atoms with Crippen LogP contribution in [-0.2, 0) is 0 Å². The lowest BCUT2D eigenvalue weighted by Gasteiger charge is -2.03. The molecular weight excluding hydrogens is 300 g/mol. The lowest BCUT2D eigenvalue weighted by atomic mass is 10.2. The lowest BCUT2D eigenvalue weighted by Crippen LogP contribution is -1.96. The van der Waals surface area contributed by atoms with Crippen LogP contribution in [0.5, 0.6) is 0 Å². The highest BCUT2D eigenvalue weighted by Gasteiger charge is 2.11. The maximum atomic E-state index is 5.80. The van der Waals surface area contributed by atoms with Crippen LogP contribution in [0.1, 0.15) is 0 Å². The average molecular weight is 310 g/mol. The predicted molar refractivity (Wildman–Crippen MR) is 87.7 cm³/mol. The summed E-state index contributed by atoms with van der Waals surface area (Å²) in [6.45, 7) is 0. The molecule has 102 valence electrons. The number of benzene rings is 2. The minimum atomic E-state index is 0.289. The molecule has 21 heavy (non-hydrogen) atoms. The Morgan fingerprint density at radius 3 is 2.48 bits per heavy atom. The first-order chi connectivity index (χ1) is 10.3. The Hall–Kier alpha value is -2.18. The molecule has 4 aromatic rings. The number of nitrogen functional groups attached to an aromatic ring is 1. The molecule has 6 heteroatoms. The van der Waals surface area contributed by atoms with Gasteiger partial charge in [0.15, 0.2) is 4.34 Å². The van der Waals surface area contributed by atoms with Crippen LogP contribution < -0.4 is 5.73 Å². The van der Waals surface area contributed by atoms with Crippen molar-refractivity contribution in [3.63, 3.8) is 0 Å². The van der Waals surface area contributed by atoms with Crippen LogP contribution in [-0.4, -0.2) is 15.0 Å². The summed E-state index contributed by atoms with van der Waals surface area (Å²) in [5.41, 5.74) is 7.67. The third-order valence-electron chi connectivity index (χ3n) is 3.04. The van der Waals surface area contributed by atoms with Gasteiger partial charge in [0.2, 0.25) is 5.95 Å². The van der Waals surface area contributed by atoms with E-state index in [1.165, 1.54) is 16.5 Å². The Morgan fingerprint density at radius 2 is 1.62 bits per heavy atom. The molecule has 2 aromatic carbocycles. The van der Waals surface area contributed by atoms with E-state index in [-0.39, 0.29) is 5.95 Å². The summed E-state index contributed by atoms with van der Waals surface area (Å²) >= 11 is 3.19. The third-order valence-corrected chi connectivity index (χ3v) is 5.15. The van der Waals surface area contributed by atoms with Crippen LogP contribution in [0.15, 0.2) is 57.9 Å². The molecule has 4 rings (SSSR count). The molecule has 0 aliphatic heterocycles. The number of thiazole rings is 1. The zero-order valence-corrected chi connectivity index (χ0v) is 12.5. The molecule has 0 radical (unpaired) electrons. The van der Waals surface area contributed by atoms with Crippen LogP contribution >= 0.6 is 23.1 Å². The highest BCUT2D eigenvalue weighted by molar-refractivity contribution is 8.01. The summed E-state index contributed by atoms with van der Waals surface area (Å²) < 4.78 is 2.13. The average Bonchev–Trinajstić information content (AvgIpc) is 2.89. The topological polar surface area (TPSA) is 64.7 Å². The van der Waals surface area contributed by atoms with Gasteiger partial charge in [-0.15, -0.1) is 11.3 Å². The first-order valence-corrected chi connectivity index (χ1v) is 7.98. The minimum Gasteiger partial charge on any atom is -0.368 e. The number of nitrogens with zero attached hydrogens (tertiary/aromatic N) is 3. The summed E-state index contributed by atoms with van der Waals surface area (Å²) in [5, 5.41) is 1.84. The van der Waals surface area contributed by atoms with Crippen molar-refractivity contribution in [3.05, 3.63) is 48.5 Å². The number of para-hydroxylation sites is 2. The van der Waals surface area contributed by atoms with E-state index in [4.69, 9.17) is 5.73 Å². The van der Waals surface area contributed by atoms with E-state index < -0.39 is 0 Å². The largest absolute Gasteiger partial charge is 0.368 e. The molecule has 0 unspecified atom stereocenters. The van der Waals surface area contributed by atoms with E-state index in [1.54, 1.807) is 11.3 Å². The smallest absolute Gasteiger partial charge is 0.221 e. The van der Waals surface area contributed by atoms with Gasteiger partial charge in [0.05, 0.1) is 15.7 Å². The first-order valence-electron chi connectivity index (χ1n) is 6.35. The van der Waals surface area contributed by atoms with E-state index in [9.17, 15) is 0 Å². The van der Waals surface area contributed by atoms with Crippen molar-refractivity contribution in [3.8, 4) is 0 Å². The molecule has 0 aliphatic rings. The van der Waals surface area contributed by atoms with Crippen LogP contribution in [0.25, 0.3) is 21.1 Å². The summed E-state index contributed by atoms with van der Waals surface area (Å²) in [4.78, 5) is 13.2. The Labute approximate surface area is 129 Å². The fourth-order valence-corrected chi connectivity index (χ4v) is 4.22. The van der Waals surface area contributed by atoms with Crippen LogP contribution in [0, 0.1) is 0 Å². The zero-order chi connectivity index (χ0) is 14.2. The molecule has 0 bridgehead atoms. The van der Waals surface area contributed by atoms with Gasteiger partial charge < -0.3 is 5.73 Å². The molecule has 0 spiro atoms. The Kier molecular flexibility index (Phi) is 2.98. The van der Waals surface area contributed by atoms with E-state index in [0.717, 1.165) is 25.8 Å². The van der Waals surface area contributed by atoms with Gasteiger partial charge in [-0.2, -0.15) is 0 Å². The Bertz CT molecular complexity index is 916. The molecule has 0 amide bonds.